The maximum atomic E-state index is 11.9. The number of nitrogens with zero attached hydrogens (tertiary/aromatic N) is 3. The molecule has 2 rings (SSSR count). The summed E-state index contributed by atoms with van der Waals surface area (Å²) >= 11 is 0. The minimum absolute atomic E-state index is 0. The second kappa shape index (κ2) is 7.59. The van der Waals surface area contributed by atoms with Gasteiger partial charge in [-0.3, -0.25) is 10.1 Å². The molecule has 1 atom stereocenters. The number of halogens is 1. The first-order valence-corrected chi connectivity index (χ1v) is 7.04. The molecule has 2 heterocycles. The molecule has 6 nitrogen and oxygen atoms in total. The molecule has 1 aliphatic heterocycles. The zero-order valence-corrected chi connectivity index (χ0v) is 13.2. The lowest BCUT2D eigenvalue weighted by Crippen LogP contribution is -2.27. The summed E-state index contributed by atoms with van der Waals surface area (Å²) < 4.78 is 1.66. The summed E-state index contributed by atoms with van der Waals surface area (Å²) in [4.78, 5) is 16.4. The average Bonchev–Trinajstić information content (AvgIpc) is 2.80. The lowest BCUT2D eigenvalue weighted by Gasteiger charge is -2.19. The van der Waals surface area contributed by atoms with Crippen LogP contribution in [0.1, 0.15) is 44.9 Å². The summed E-state index contributed by atoms with van der Waals surface area (Å²) in [5.74, 6) is 1.82. The van der Waals surface area contributed by atoms with Crippen molar-refractivity contribution in [3.8, 4) is 0 Å². The van der Waals surface area contributed by atoms with Crippen molar-refractivity contribution in [2.24, 2.45) is 13.0 Å². The van der Waals surface area contributed by atoms with Crippen molar-refractivity contribution in [2.75, 3.05) is 18.4 Å². The molecule has 0 saturated carbocycles. The Morgan fingerprint density at radius 3 is 2.75 bits per heavy atom. The van der Waals surface area contributed by atoms with Crippen LogP contribution in [-0.4, -0.2) is 33.8 Å². The second-order valence-electron chi connectivity index (χ2n) is 5.24. The standard InChI is InChI=1S/C13H23N5O.ClH/c1-4-9(2)12(19)16-13-15-11(17-18(13)3)10-5-7-14-8-6-10;/h9-10,14H,4-8H2,1-3H3,(H,15,16,17,19);1H. The van der Waals surface area contributed by atoms with E-state index in [0.29, 0.717) is 11.9 Å². The molecule has 1 saturated heterocycles. The van der Waals surface area contributed by atoms with Crippen LogP contribution in [0.2, 0.25) is 0 Å². The molecule has 0 bridgehead atoms. The number of amides is 1. The fraction of sp³-hybridized carbons (Fsp3) is 0.769. The topological polar surface area (TPSA) is 71.8 Å². The molecule has 0 spiro atoms. The van der Waals surface area contributed by atoms with E-state index >= 15 is 0 Å². The number of hydrogen-bond acceptors (Lipinski definition) is 4. The Bertz CT molecular complexity index is 442. The van der Waals surface area contributed by atoms with Crippen LogP contribution in [-0.2, 0) is 11.8 Å². The van der Waals surface area contributed by atoms with Gasteiger partial charge in [-0.25, -0.2) is 4.68 Å². The normalized spacial score (nSPS) is 17.4. The van der Waals surface area contributed by atoms with Crippen molar-refractivity contribution in [2.45, 2.75) is 39.0 Å². The summed E-state index contributed by atoms with van der Waals surface area (Å²) in [6.07, 6.45) is 2.94. The first kappa shape index (κ1) is 16.9. The van der Waals surface area contributed by atoms with E-state index in [1.54, 1.807) is 4.68 Å². The van der Waals surface area contributed by atoms with Crippen LogP contribution in [0.5, 0.6) is 0 Å². The van der Waals surface area contributed by atoms with Crippen LogP contribution in [0.4, 0.5) is 5.95 Å². The van der Waals surface area contributed by atoms with Gasteiger partial charge in [-0.15, -0.1) is 12.4 Å². The Balaban J connectivity index is 0.00000200. The van der Waals surface area contributed by atoms with Crippen molar-refractivity contribution in [1.29, 1.82) is 0 Å². The van der Waals surface area contributed by atoms with Crippen molar-refractivity contribution >= 4 is 24.3 Å². The molecule has 2 N–H and O–H groups in total. The van der Waals surface area contributed by atoms with E-state index in [1.165, 1.54) is 0 Å². The van der Waals surface area contributed by atoms with Crippen LogP contribution in [0.3, 0.4) is 0 Å². The Morgan fingerprint density at radius 1 is 1.50 bits per heavy atom. The summed E-state index contributed by atoms with van der Waals surface area (Å²) in [5, 5.41) is 10.6. The van der Waals surface area contributed by atoms with Gasteiger partial charge in [0.1, 0.15) is 0 Å². The van der Waals surface area contributed by atoms with Crippen LogP contribution in [0.25, 0.3) is 0 Å². The molecule has 1 aromatic heterocycles. The van der Waals surface area contributed by atoms with Crippen LogP contribution >= 0.6 is 12.4 Å². The number of aromatic nitrogens is 3. The van der Waals surface area contributed by atoms with E-state index in [-0.39, 0.29) is 24.2 Å². The number of rotatable bonds is 4. The van der Waals surface area contributed by atoms with Crippen molar-refractivity contribution in [3.63, 3.8) is 0 Å². The minimum atomic E-state index is -0.000898. The highest BCUT2D eigenvalue weighted by Crippen LogP contribution is 2.23. The highest BCUT2D eigenvalue weighted by molar-refractivity contribution is 5.90. The molecule has 1 aromatic rings. The maximum absolute atomic E-state index is 11.9. The molecule has 1 unspecified atom stereocenters. The fourth-order valence-electron chi connectivity index (χ4n) is 2.18. The molecular formula is C13H24ClN5O. The first-order valence-electron chi connectivity index (χ1n) is 7.04. The zero-order chi connectivity index (χ0) is 13.8. The van der Waals surface area contributed by atoms with E-state index in [9.17, 15) is 4.79 Å². The van der Waals surface area contributed by atoms with Crippen molar-refractivity contribution in [3.05, 3.63) is 5.82 Å². The lowest BCUT2D eigenvalue weighted by molar-refractivity contribution is -0.119. The Kier molecular flexibility index (Phi) is 6.42. The minimum Gasteiger partial charge on any atom is -0.317 e. The Labute approximate surface area is 126 Å². The molecule has 0 aliphatic carbocycles. The average molecular weight is 302 g/mol. The summed E-state index contributed by atoms with van der Waals surface area (Å²) in [6.45, 7) is 5.94. The van der Waals surface area contributed by atoms with Gasteiger partial charge in [0.05, 0.1) is 0 Å². The van der Waals surface area contributed by atoms with Gasteiger partial charge in [-0.2, -0.15) is 10.1 Å². The van der Waals surface area contributed by atoms with Gasteiger partial charge in [-0.05, 0) is 32.4 Å². The third-order valence-corrected chi connectivity index (χ3v) is 3.78. The van der Waals surface area contributed by atoms with E-state index in [1.807, 2.05) is 20.9 Å². The summed E-state index contributed by atoms with van der Waals surface area (Å²) in [5.41, 5.74) is 0. The quantitative estimate of drug-likeness (QED) is 0.888. The Morgan fingerprint density at radius 2 is 2.15 bits per heavy atom. The molecule has 1 aliphatic rings. The van der Waals surface area contributed by atoms with Gasteiger partial charge in [0.25, 0.3) is 0 Å². The number of aryl methyl sites for hydroxylation is 1. The third kappa shape index (κ3) is 3.93. The van der Waals surface area contributed by atoms with Gasteiger partial charge in [-0.1, -0.05) is 13.8 Å². The molecular weight excluding hydrogens is 278 g/mol. The maximum Gasteiger partial charge on any atom is 0.229 e. The largest absolute Gasteiger partial charge is 0.317 e. The number of nitrogens with one attached hydrogen (secondary N) is 2. The number of anilines is 1. The number of piperidine rings is 1. The van der Waals surface area contributed by atoms with Crippen LogP contribution in [0.15, 0.2) is 0 Å². The number of carbonyl (C=O) groups is 1. The van der Waals surface area contributed by atoms with E-state index in [4.69, 9.17) is 0 Å². The van der Waals surface area contributed by atoms with Crippen LogP contribution < -0.4 is 10.6 Å². The molecule has 7 heteroatoms. The highest BCUT2D eigenvalue weighted by Gasteiger charge is 2.21. The lowest BCUT2D eigenvalue weighted by atomic mass is 9.98. The summed E-state index contributed by atoms with van der Waals surface area (Å²) in [6, 6.07) is 0. The predicted octanol–water partition coefficient (Wildman–Crippen LogP) is 1.69. The molecule has 20 heavy (non-hydrogen) atoms. The molecule has 114 valence electrons. The van der Waals surface area contributed by atoms with E-state index in [2.05, 4.69) is 20.7 Å². The predicted molar refractivity (Wildman–Crippen MR) is 81.2 cm³/mol. The molecule has 0 radical (unpaired) electrons. The van der Waals surface area contributed by atoms with Gasteiger partial charge in [0.15, 0.2) is 5.82 Å². The fourth-order valence-corrected chi connectivity index (χ4v) is 2.18. The number of hydrogen-bond donors (Lipinski definition) is 2. The first-order chi connectivity index (χ1) is 9.11. The smallest absolute Gasteiger partial charge is 0.229 e. The number of carbonyl (C=O) groups excluding carboxylic acids is 1. The van der Waals surface area contributed by atoms with Crippen molar-refractivity contribution in [1.82, 2.24) is 20.1 Å². The van der Waals surface area contributed by atoms with Gasteiger partial charge in [0.2, 0.25) is 11.9 Å². The van der Waals surface area contributed by atoms with E-state index in [0.717, 1.165) is 38.2 Å². The summed E-state index contributed by atoms with van der Waals surface area (Å²) in [7, 11) is 1.82. The Hall–Kier alpha value is -1.14. The molecule has 1 fully saturated rings. The van der Waals surface area contributed by atoms with Gasteiger partial charge < -0.3 is 5.32 Å². The molecule has 1 amide bonds. The zero-order valence-electron chi connectivity index (χ0n) is 12.3. The van der Waals surface area contributed by atoms with E-state index < -0.39 is 0 Å². The third-order valence-electron chi connectivity index (χ3n) is 3.78. The monoisotopic (exact) mass is 301 g/mol. The van der Waals surface area contributed by atoms with Crippen molar-refractivity contribution < 1.29 is 4.79 Å². The SMILES string of the molecule is CCC(C)C(=O)Nc1nc(C2CCNCC2)nn1C.Cl. The highest BCUT2D eigenvalue weighted by atomic mass is 35.5. The van der Waals surface area contributed by atoms with Crippen LogP contribution in [0, 0.1) is 5.92 Å². The second-order valence-corrected chi connectivity index (χ2v) is 5.24. The van der Waals surface area contributed by atoms with Gasteiger partial charge >= 0.3 is 0 Å². The molecule has 0 aromatic carbocycles. The van der Waals surface area contributed by atoms with Gasteiger partial charge in [0, 0.05) is 18.9 Å².